The molecule has 0 spiro atoms. The lowest BCUT2D eigenvalue weighted by molar-refractivity contribution is -0.117. The molecule has 1 rings (SSSR count). The first kappa shape index (κ1) is 15.0. The number of amides is 1. The number of hydrogen-bond acceptors (Lipinski definition) is 2. The Kier molecular flexibility index (Phi) is 5.20. The molecule has 18 heavy (non-hydrogen) atoms. The molecule has 0 saturated heterocycles. The molecule has 0 aliphatic rings. The molecule has 0 aromatic heterocycles. The summed E-state index contributed by atoms with van der Waals surface area (Å²) < 4.78 is 5.13. The van der Waals surface area contributed by atoms with Crippen molar-refractivity contribution in [3.8, 4) is 5.75 Å². The highest BCUT2D eigenvalue weighted by molar-refractivity contribution is 9.10. The number of rotatable bonds is 5. The maximum absolute atomic E-state index is 11.8. The lowest BCUT2D eigenvalue weighted by Gasteiger charge is -2.17. The normalized spacial score (nSPS) is 12.9. The predicted molar refractivity (Wildman–Crippen MR) is 78.5 cm³/mol. The average Bonchev–Trinajstić information content (AvgIpc) is 2.28. The predicted octanol–water partition coefficient (Wildman–Crippen LogP) is 3.98. The van der Waals surface area contributed by atoms with Crippen LogP contribution in [0.4, 0.5) is 5.69 Å². The van der Waals surface area contributed by atoms with Crippen molar-refractivity contribution in [1.29, 1.82) is 0 Å². The van der Waals surface area contributed by atoms with Crippen molar-refractivity contribution in [2.75, 3.05) is 5.32 Å². The quantitative estimate of drug-likeness (QED) is 0.835. The van der Waals surface area contributed by atoms with E-state index in [2.05, 4.69) is 28.2 Å². The second-order valence-corrected chi connectivity index (χ2v) is 6.77. The van der Waals surface area contributed by atoms with Gasteiger partial charge in [0.1, 0.15) is 5.75 Å². The van der Waals surface area contributed by atoms with E-state index in [0.29, 0.717) is 0 Å². The molecule has 1 atom stereocenters. The molecule has 4 heteroatoms. The zero-order chi connectivity index (χ0) is 13.8. The van der Waals surface area contributed by atoms with Gasteiger partial charge < -0.3 is 10.1 Å². The summed E-state index contributed by atoms with van der Waals surface area (Å²) in [6, 6.07) is 7.44. The highest BCUT2D eigenvalue weighted by Crippen LogP contribution is 2.22. The van der Waals surface area contributed by atoms with Crippen molar-refractivity contribution in [2.24, 2.45) is 0 Å². The van der Waals surface area contributed by atoms with Gasteiger partial charge in [0.2, 0.25) is 5.91 Å². The van der Waals surface area contributed by atoms with Crippen molar-refractivity contribution in [3.63, 3.8) is 0 Å². The fourth-order valence-electron chi connectivity index (χ4n) is 1.24. The number of nitrogens with one attached hydrogen (secondary N) is 1. The zero-order valence-corrected chi connectivity index (χ0v) is 12.9. The van der Waals surface area contributed by atoms with Crippen molar-refractivity contribution in [3.05, 3.63) is 24.3 Å². The fraction of sp³-hybridized carbons (Fsp3) is 0.500. The first-order valence-corrected chi connectivity index (χ1v) is 6.89. The summed E-state index contributed by atoms with van der Waals surface area (Å²) in [5, 5.41) is 2.85. The highest BCUT2D eigenvalue weighted by atomic mass is 79.9. The number of hydrogen-bond donors (Lipinski definition) is 1. The van der Waals surface area contributed by atoms with Gasteiger partial charge >= 0.3 is 0 Å². The molecule has 3 nitrogen and oxygen atoms in total. The highest BCUT2D eigenvalue weighted by Gasteiger charge is 2.23. The molecule has 100 valence electrons. The van der Waals surface area contributed by atoms with E-state index in [9.17, 15) is 4.79 Å². The van der Waals surface area contributed by atoms with Gasteiger partial charge in [0.25, 0.3) is 0 Å². The number of ether oxygens (including phenoxy) is 1. The van der Waals surface area contributed by atoms with Gasteiger partial charge in [-0.2, -0.15) is 0 Å². The summed E-state index contributed by atoms with van der Waals surface area (Å²) in [6.07, 6.45) is 1.12. The molecule has 0 aliphatic heterocycles. The minimum Gasteiger partial charge on any atom is -0.491 e. The number of benzene rings is 1. The van der Waals surface area contributed by atoms with Gasteiger partial charge in [0, 0.05) is 11.8 Å². The van der Waals surface area contributed by atoms with Crippen molar-refractivity contribution in [1.82, 2.24) is 0 Å². The van der Waals surface area contributed by atoms with Gasteiger partial charge in [0.05, 0.1) is 10.4 Å². The molecule has 0 saturated carbocycles. The van der Waals surface area contributed by atoms with Crippen LogP contribution in [0.15, 0.2) is 24.3 Å². The second-order valence-electron chi connectivity index (χ2n) is 4.79. The van der Waals surface area contributed by atoms with Crippen molar-refractivity contribution in [2.45, 2.75) is 44.5 Å². The van der Waals surface area contributed by atoms with Gasteiger partial charge in [-0.05, 0) is 39.3 Å². The Bertz CT molecular complexity index is 413. The molecule has 0 bridgehead atoms. The zero-order valence-electron chi connectivity index (χ0n) is 11.3. The van der Waals surface area contributed by atoms with E-state index in [1.165, 1.54) is 0 Å². The molecule has 0 aliphatic carbocycles. The average molecular weight is 314 g/mol. The van der Waals surface area contributed by atoms with Crippen LogP contribution in [0.1, 0.15) is 34.1 Å². The van der Waals surface area contributed by atoms with Gasteiger partial charge in [-0.25, -0.2) is 0 Å². The Balaban J connectivity index is 2.74. The van der Waals surface area contributed by atoms with E-state index in [-0.39, 0.29) is 12.0 Å². The van der Waals surface area contributed by atoms with Crippen LogP contribution < -0.4 is 10.1 Å². The van der Waals surface area contributed by atoms with E-state index in [1.807, 2.05) is 45.0 Å². The van der Waals surface area contributed by atoms with Crippen LogP contribution >= 0.6 is 15.9 Å². The Labute approximate surface area is 117 Å². The van der Waals surface area contributed by atoms with Crippen LogP contribution in [0.5, 0.6) is 5.75 Å². The standard InChI is InChI=1S/C14H20BrNO2/c1-5-10(2)18-12-8-6-7-11(9-12)16-13(17)14(3,4)15/h6-10H,5H2,1-4H3,(H,16,17). The summed E-state index contributed by atoms with van der Waals surface area (Å²) in [5.41, 5.74) is 0.744. The molecule has 1 aromatic carbocycles. The summed E-state index contributed by atoms with van der Waals surface area (Å²) in [7, 11) is 0. The number of anilines is 1. The van der Waals surface area contributed by atoms with E-state index in [1.54, 1.807) is 0 Å². The maximum atomic E-state index is 11.8. The number of halogens is 1. The summed E-state index contributed by atoms with van der Waals surface area (Å²) in [4.78, 5) is 11.8. The molecular weight excluding hydrogens is 294 g/mol. The van der Waals surface area contributed by atoms with Crippen LogP contribution in [0, 0.1) is 0 Å². The lowest BCUT2D eigenvalue weighted by atomic mass is 10.2. The van der Waals surface area contributed by atoms with Gasteiger partial charge in [-0.15, -0.1) is 0 Å². The Hall–Kier alpha value is -1.03. The summed E-state index contributed by atoms with van der Waals surface area (Å²) in [6.45, 7) is 7.71. The third kappa shape index (κ3) is 4.69. The maximum Gasteiger partial charge on any atom is 0.240 e. The molecule has 0 radical (unpaired) electrons. The molecule has 1 amide bonds. The first-order chi connectivity index (χ1) is 8.32. The van der Waals surface area contributed by atoms with Crippen LogP contribution in [-0.4, -0.2) is 16.3 Å². The molecular formula is C14H20BrNO2. The number of alkyl halides is 1. The lowest BCUT2D eigenvalue weighted by Crippen LogP contribution is -2.30. The van der Waals surface area contributed by atoms with E-state index in [4.69, 9.17) is 4.74 Å². The Morgan fingerprint density at radius 2 is 2.17 bits per heavy atom. The molecule has 1 N–H and O–H groups in total. The minimum absolute atomic E-state index is 0.0804. The third-order valence-corrected chi connectivity index (χ3v) is 2.90. The van der Waals surface area contributed by atoms with Crippen LogP contribution in [-0.2, 0) is 4.79 Å². The topological polar surface area (TPSA) is 38.3 Å². The van der Waals surface area contributed by atoms with Crippen molar-refractivity contribution < 1.29 is 9.53 Å². The second kappa shape index (κ2) is 6.23. The molecule has 1 aromatic rings. The Morgan fingerprint density at radius 1 is 1.50 bits per heavy atom. The fourth-order valence-corrected chi connectivity index (χ4v) is 1.34. The van der Waals surface area contributed by atoms with Crippen LogP contribution in [0.3, 0.4) is 0 Å². The van der Waals surface area contributed by atoms with E-state index < -0.39 is 4.32 Å². The molecule has 0 heterocycles. The summed E-state index contributed by atoms with van der Waals surface area (Å²) in [5.74, 6) is 0.692. The smallest absolute Gasteiger partial charge is 0.240 e. The molecule has 1 unspecified atom stereocenters. The van der Waals surface area contributed by atoms with Crippen LogP contribution in [0.25, 0.3) is 0 Å². The largest absolute Gasteiger partial charge is 0.491 e. The molecule has 0 fully saturated rings. The van der Waals surface area contributed by atoms with Gasteiger partial charge in [-0.3, -0.25) is 4.79 Å². The van der Waals surface area contributed by atoms with Crippen LogP contribution in [0.2, 0.25) is 0 Å². The van der Waals surface area contributed by atoms with Crippen molar-refractivity contribution >= 4 is 27.5 Å². The first-order valence-electron chi connectivity index (χ1n) is 6.10. The van der Waals surface area contributed by atoms with E-state index in [0.717, 1.165) is 17.9 Å². The SMILES string of the molecule is CCC(C)Oc1cccc(NC(=O)C(C)(C)Br)c1. The number of carbonyl (C=O) groups excluding carboxylic acids is 1. The Morgan fingerprint density at radius 3 is 2.72 bits per heavy atom. The number of carbonyl (C=O) groups is 1. The van der Waals surface area contributed by atoms with E-state index >= 15 is 0 Å². The van der Waals surface area contributed by atoms with Gasteiger partial charge in [-0.1, -0.05) is 28.9 Å². The monoisotopic (exact) mass is 313 g/mol. The van der Waals surface area contributed by atoms with Gasteiger partial charge in [0.15, 0.2) is 0 Å². The summed E-state index contributed by atoms with van der Waals surface area (Å²) >= 11 is 3.33. The minimum atomic E-state index is -0.583. The third-order valence-electron chi connectivity index (χ3n) is 2.54.